The monoisotopic (exact) mass is 622 g/mol. The predicted molar refractivity (Wildman–Crippen MR) is 139 cm³/mol. The minimum absolute atomic E-state index is 0.0304. The molecule has 0 amide bonds. The molecule has 0 bridgehead atoms. The van der Waals surface area contributed by atoms with E-state index in [9.17, 15) is 32.8 Å². The van der Waals surface area contributed by atoms with E-state index in [1.54, 1.807) is 26.8 Å². The molecule has 0 spiro atoms. The van der Waals surface area contributed by atoms with Crippen LogP contribution in [-0.2, 0) is 17.4 Å². The maximum atomic E-state index is 14.8. The molecule has 2 rings (SSSR count). The molecular weight excluding hydrogens is 601 g/mol. The van der Waals surface area contributed by atoms with Crippen LogP contribution in [0.15, 0.2) is 39.8 Å². The topological polar surface area (TPSA) is 118 Å². The highest BCUT2D eigenvalue weighted by molar-refractivity contribution is 9.10. The van der Waals surface area contributed by atoms with Crippen molar-refractivity contribution in [2.75, 3.05) is 0 Å². The molecule has 0 radical (unpaired) electrons. The number of nitriles is 1. The summed E-state index contributed by atoms with van der Waals surface area (Å²) in [5, 5.41) is 20.7. The molecule has 1 N–H and O–H groups in total. The Morgan fingerprint density at radius 3 is 2.59 bits per heavy atom. The number of rotatable bonds is 11. The molecule has 2 unspecified atom stereocenters. The van der Waals surface area contributed by atoms with Gasteiger partial charge in [0, 0.05) is 28.2 Å². The Bertz CT molecular complexity index is 1250. The number of nitro benzene ring substituents is 1. The lowest BCUT2D eigenvalue weighted by atomic mass is 10.0. The fraction of sp³-hybridized carbons (Fsp3) is 0.391. The maximum absolute atomic E-state index is 14.8. The molecule has 0 aromatic heterocycles. The summed E-state index contributed by atoms with van der Waals surface area (Å²) >= 11 is 9.10. The number of halogens is 5. The number of benzene rings is 2. The van der Waals surface area contributed by atoms with Crippen molar-refractivity contribution in [2.45, 2.75) is 57.4 Å². The zero-order chi connectivity index (χ0) is 27.9. The third kappa shape index (κ3) is 8.77. The molecule has 37 heavy (non-hydrogen) atoms. The molecule has 0 saturated carbocycles. The van der Waals surface area contributed by atoms with Crippen LogP contribution in [0.4, 0.5) is 24.5 Å². The summed E-state index contributed by atoms with van der Waals surface area (Å²) in [7, 11) is -1.58. The molecule has 8 nitrogen and oxygen atoms in total. The van der Waals surface area contributed by atoms with Gasteiger partial charge in [-0.1, -0.05) is 33.6 Å². The molecule has 2 atom stereocenters. The molecule has 0 aliphatic carbocycles. The van der Waals surface area contributed by atoms with Crippen LogP contribution in [0.3, 0.4) is 0 Å². The average molecular weight is 624 g/mol. The van der Waals surface area contributed by atoms with E-state index >= 15 is 0 Å². The Morgan fingerprint density at radius 1 is 1.35 bits per heavy atom. The van der Waals surface area contributed by atoms with Crippen LogP contribution in [0.2, 0.25) is 5.02 Å². The van der Waals surface area contributed by atoms with E-state index in [-0.39, 0.29) is 36.3 Å². The van der Waals surface area contributed by atoms with Gasteiger partial charge in [0.1, 0.15) is 11.8 Å². The molecule has 0 saturated heterocycles. The number of aliphatic imine (C=N–C) groups is 1. The highest BCUT2D eigenvalue weighted by atomic mass is 79.9. The molecule has 0 heterocycles. The first kappa shape index (κ1) is 30.7. The number of hydrogen-bond donors (Lipinski definition) is 1. The van der Waals surface area contributed by atoms with E-state index in [0.717, 1.165) is 12.1 Å². The van der Waals surface area contributed by atoms with E-state index in [1.807, 2.05) is 6.07 Å². The van der Waals surface area contributed by atoms with Crippen LogP contribution >= 0.6 is 27.5 Å². The van der Waals surface area contributed by atoms with Gasteiger partial charge in [0.05, 0.1) is 31.7 Å². The van der Waals surface area contributed by atoms with Gasteiger partial charge < -0.3 is 4.74 Å². The van der Waals surface area contributed by atoms with Gasteiger partial charge >= 0.3 is 6.61 Å². The van der Waals surface area contributed by atoms with E-state index in [1.165, 1.54) is 12.1 Å². The first-order chi connectivity index (χ1) is 17.2. The second kappa shape index (κ2) is 13.3. The molecule has 0 aliphatic heterocycles. The van der Waals surface area contributed by atoms with Gasteiger partial charge in [-0.25, -0.2) is 18.3 Å². The molecule has 0 fully saturated rings. The fourth-order valence-electron chi connectivity index (χ4n) is 3.01. The molecule has 14 heteroatoms. The van der Waals surface area contributed by atoms with Gasteiger partial charge in [-0.2, -0.15) is 14.0 Å². The SMILES string of the molecule is CC(C)(C)S(=O)NC(C#N)CCC(Cc1c(Br)cccc1OC(F)F)=Nc1c([N+](=O)[O-])ccc(Cl)c1F. The Labute approximate surface area is 227 Å². The van der Waals surface area contributed by atoms with E-state index in [4.69, 9.17) is 11.6 Å². The van der Waals surface area contributed by atoms with Gasteiger partial charge in [0.2, 0.25) is 0 Å². The van der Waals surface area contributed by atoms with Gasteiger partial charge in [-0.15, -0.1) is 0 Å². The molecule has 0 aliphatic rings. The number of nitro groups is 1. The van der Waals surface area contributed by atoms with E-state index < -0.39 is 55.5 Å². The number of ether oxygens (including phenoxy) is 1. The fourth-order valence-corrected chi connectivity index (χ4v) is 4.44. The third-order valence-electron chi connectivity index (χ3n) is 4.87. The minimum Gasteiger partial charge on any atom is -0.434 e. The summed E-state index contributed by atoms with van der Waals surface area (Å²) in [6, 6.07) is 7.44. The maximum Gasteiger partial charge on any atom is 0.387 e. The average Bonchev–Trinajstić information content (AvgIpc) is 2.80. The van der Waals surface area contributed by atoms with Crippen molar-refractivity contribution in [2.24, 2.45) is 4.99 Å². The van der Waals surface area contributed by atoms with Crippen molar-refractivity contribution in [3.63, 3.8) is 0 Å². The Balaban J connectivity index is 2.55. The zero-order valence-electron chi connectivity index (χ0n) is 19.9. The summed E-state index contributed by atoms with van der Waals surface area (Å²) in [6.45, 7) is 2.03. The van der Waals surface area contributed by atoms with Gasteiger partial charge in [0.25, 0.3) is 5.69 Å². The van der Waals surface area contributed by atoms with Crippen molar-refractivity contribution in [3.05, 3.63) is 61.3 Å². The van der Waals surface area contributed by atoms with Gasteiger partial charge in [-0.05, 0) is 51.8 Å². The van der Waals surface area contributed by atoms with Crippen molar-refractivity contribution < 1.29 is 27.0 Å². The van der Waals surface area contributed by atoms with Crippen molar-refractivity contribution >= 4 is 55.6 Å². The second-order valence-electron chi connectivity index (χ2n) is 8.66. The van der Waals surface area contributed by atoms with E-state index in [0.29, 0.717) is 4.47 Å². The van der Waals surface area contributed by atoms with Gasteiger partial charge in [0.15, 0.2) is 11.5 Å². The zero-order valence-corrected chi connectivity index (χ0v) is 23.1. The molecule has 200 valence electrons. The van der Waals surface area contributed by atoms with Crippen LogP contribution < -0.4 is 9.46 Å². The summed E-state index contributed by atoms with van der Waals surface area (Å²) in [4.78, 5) is 14.9. The summed E-state index contributed by atoms with van der Waals surface area (Å²) in [5.74, 6) is -1.31. The smallest absolute Gasteiger partial charge is 0.387 e. The quantitative estimate of drug-likeness (QED) is 0.168. The van der Waals surface area contributed by atoms with Crippen LogP contribution in [0, 0.1) is 27.3 Å². The number of hydrogen-bond acceptors (Lipinski definition) is 6. The lowest BCUT2D eigenvalue weighted by Gasteiger charge is -2.21. The predicted octanol–water partition coefficient (Wildman–Crippen LogP) is 6.79. The summed E-state index contributed by atoms with van der Waals surface area (Å²) in [6.07, 6.45) is -0.194. The highest BCUT2D eigenvalue weighted by Gasteiger charge is 2.25. The minimum atomic E-state index is -3.13. The van der Waals surface area contributed by atoms with Crippen molar-refractivity contribution in [1.82, 2.24) is 4.72 Å². The number of nitrogens with zero attached hydrogens (tertiary/aromatic N) is 3. The Morgan fingerprint density at radius 2 is 2.03 bits per heavy atom. The number of alkyl halides is 2. The van der Waals surface area contributed by atoms with Gasteiger partial charge in [-0.3, -0.25) is 10.1 Å². The van der Waals surface area contributed by atoms with Crippen molar-refractivity contribution in [3.8, 4) is 11.8 Å². The van der Waals surface area contributed by atoms with Crippen LogP contribution in [0.1, 0.15) is 39.2 Å². The van der Waals surface area contributed by atoms with Crippen molar-refractivity contribution in [1.29, 1.82) is 5.26 Å². The lowest BCUT2D eigenvalue weighted by Crippen LogP contribution is -2.39. The summed E-state index contributed by atoms with van der Waals surface area (Å²) in [5.41, 5.74) is -0.958. The largest absolute Gasteiger partial charge is 0.434 e. The normalized spacial score (nSPS) is 13.8. The first-order valence-electron chi connectivity index (χ1n) is 10.7. The third-order valence-corrected chi connectivity index (χ3v) is 7.52. The molecule has 2 aromatic carbocycles. The standard InChI is InChI=1S/C23H23BrClF3N4O4S/c1-23(2,3)37(35)31-14(12-29)8-7-13(11-15-16(24)5-4-6-19(15)36-22(27)28)30-21-18(32(33)34)10-9-17(25)20(21)26/h4-6,9-10,14,22,31H,7-8,11H2,1-3H3. The Kier molecular flexibility index (Phi) is 11.0. The molecule has 2 aromatic rings. The number of nitrogens with one attached hydrogen (secondary N) is 1. The van der Waals surface area contributed by atoms with Crippen LogP contribution in [0.5, 0.6) is 5.75 Å². The summed E-state index contributed by atoms with van der Waals surface area (Å²) < 4.78 is 60.3. The van der Waals surface area contributed by atoms with Crippen LogP contribution in [-0.4, -0.2) is 32.2 Å². The Hall–Kier alpha value is -2.53. The first-order valence-corrected chi connectivity index (χ1v) is 13.0. The van der Waals surface area contributed by atoms with E-state index in [2.05, 4.69) is 30.4 Å². The second-order valence-corrected chi connectivity index (χ2v) is 11.9. The molecular formula is C23H23BrClF3N4O4S. The highest BCUT2D eigenvalue weighted by Crippen LogP contribution is 2.36. The van der Waals surface area contributed by atoms with Crippen LogP contribution in [0.25, 0.3) is 0 Å². The lowest BCUT2D eigenvalue weighted by molar-refractivity contribution is -0.384.